The second kappa shape index (κ2) is 5.19. The molecule has 2 aromatic rings. The van der Waals surface area contributed by atoms with E-state index in [-0.39, 0.29) is 18.2 Å². The minimum Gasteiger partial charge on any atom is -0.409 e. The van der Waals surface area contributed by atoms with Gasteiger partial charge in [0.2, 0.25) is 11.7 Å². The standard InChI is InChI=1S/C11H10F3N5O/c12-11(13,14)8-3-1-7(2-4-8)5-19-6-16-10(17-19)9(15)18-20/h1-4,6,20H,5H2,(H2,15,18). The van der Waals surface area contributed by atoms with Gasteiger partial charge in [-0.15, -0.1) is 5.10 Å². The molecule has 2 rings (SSSR count). The van der Waals surface area contributed by atoms with Crippen molar-refractivity contribution in [3.05, 3.63) is 47.5 Å². The van der Waals surface area contributed by atoms with Crippen LogP contribution >= 0.6 is 0 Å². The maximum absolute atomic E-state index is 12.4. The summed E-state index contributed by atoms with van der Waals surface area (Å²) in [4.78, 5) is 3.80. The molecule has 0 bridgehead atoms. The predicted molar refractivity (Wildman–Crippen MR) is 63.1 cm³/mol. The molecule has 6 nitrogen and oxygen atoms in total. The number of aromatic nitrogens is 3. The lowest BCUT2D eigenvalue weighted by Gasteiger charge is -2.07. The summed E-state index contributed by atoms with van der Waals surface area (Å²) in [5.41, 5.74) is 5.21. The van der Waals surface area contributed by atoms with Crippen LogP contribution in [0, 0.1) is 0 Å². The summed E-state index contributed by atoms with van der Waals surface area (Å²) in [7, 11) is 0. The molecule has 20 heavy (non-hydrogen) atoms. The molecule has 0 aliphatic rings. The van der Waals surface area contributed by atoms with E-state index < -0.39 is 11.7 Å². The molecule has 0 amide bonds. The van der Waals surface area contributed by atoms with E-state index in [0.717, 1.165) is 12.1 Å². The highest BCUT2D eigenvalue weighted by atomic mass is 19.4. The highest BCUT2D eigenvalue weighted by Gasteiger charge is 2.29. The molecule has 0 atom stereocenters. The first-order valence-electron chi connectivity index (χ1n) is 5.43. The first-order chi connectivity index (χ1) is 9.40. The maximum atomic E-state index is 12.4. The highest BCUT2D eigenvalue weighted by molar-refractivity contribution is 5.93. The smallest absolute Gasteiger partial charge is 0.409 e. The molecule has 9 heteroatoms. The normalized spacial score (nSPS) is 12.7. The van der Waals surface area contributed by atoms with Gasteiger partial charge in [-0.1, -0.05) is 17.3 Å². The molecular formula is C11H10F3N5O. The fourth-order valence-electron chi connectivity index (χ4n) is 1.52. The zero-order chi connectivity index (χ0) is 14.8. The molecule has 0 saturated heterocycles. The summed E-state index contributed by atoms with van der Waals surface area (Å²) >= 11 is 0. The van der Waals surface area contributed by atoms with Crippen molar-refractivity contribution in [2.75, 3.05) is 0 Å². The van der Waals surface area contributed by atoms with Gasteiger partial charge >= 0.3 is 6.18 Å². The molecule has 1 aromatic carbocycles. The number of hydrogen-bond acceptors (Lipinski definition) is 4. The summed E-state index contributed by atoms with van der Waals surface area (Å²) in [5.74, 6) is -0.199. The van der Waals surface area contributed by atoms with Crippen molar-refractivity contribution in [3.8, 4) is 0 Å². The molecule has 0 aliphatic carbocycles. The number of hydrogen-bond donors (Lipinski definition) is 2. The second-order valence-electron chi connectivity index (χ2n) is 3.95. The molecule has 1 heterocycles. The van der Waals surface area contributed by atoms with Gasteiger partial charge in [0.25, 0.3) is 0 Å². The Kier molecular flexibility index (Phi) is 3.59. The number of oxime groups is 1. The summed E-state index contributed by atoms with van der Waals surface area (Å²) in [5, 5.41) is 15.1. The maximum Gasteiger partial charge on any atom is 0.416 e. The fraction of sp³-hybridized carbons (Fsp3) is 0.182. The van der Waals surface area contributed by atoms with E-state index in [1.54, 1.807) is 0 Å². The van der Waals surface area contributed by atoms with Gasteiger partial charge in [-0.05, 0) is 17.7 Å². The molecule has 0 saturated carbocycles. The van der Waals surface area contributed by atoms with E-state index in [0.29, 0.717) is 5.56 Å². The number of nitrogens with two attached hydrogens (primary N) is 1. The quantitative estimate of drug-likeness (QED) is 0.386. The van der Waals surface area contributed by atoms with Crippen molar-refractivity contribution < 1.29 is 18.4 Å². The third-order valence-electron chi connectivity index (χ3n) is 2.50. The van der Waals surface area contributed by atoms with E-state index >= 15 is 0 Å². The van der Waals surface area contributed by atoms with Crippen molar-refractivity contribution >= 4 is 5.84 Å². The monoisotopic (exact) mass is 285 g/mol. The number of benzene rings is 1. The van der Waals surface area contributed by atoms with Crippen LogP contribution in [-0.4, -0.2) is 25.8 Å². The Morgan fingerprint density at radius 2 is 1.95 bits per heavy atom. The van der Waals surface area contributed by atoms with Crippen molar-refractivity contribution in [3.63, 3.8) is 0 Å². The Labute approximate surface area is 111 Å². The largest absolute Gasteiger partial charge is 0.416 e. The fourth-order valence-corrected chi connectivity index (χ4v) is 1.52. The Morgan fingerprint density at radius 1 is 1.30 bits per heavy atom. The molecule has 106 valence electrons. The van der Waals surface area contributed by atoms with Gasteiger partial charge in [-0.3, -0.25) is 0 Å². The number of alkyl halides is 3. The summed E-state index contributed by atoms with van der Waals surface area (Å²) in [6.45, 7) is 0.226. The summed E-state index contributed by atoms with van der Waals surface area (Å²) in [6, 6.07) is 4.70. The Hall–Kier alpha value is -2.58. The zero-order valence-corrected chi connectivity index (χ0v) is 10.0. The number of halogens is 3. The van der Waals surface area contributed by atoms with E-state index in [1.165, 1.54) is 23.1 Å². The van der Waals surface area contributed by atoms with Crippen molar-refractivity contribution in [1.82, 2.24) is 14.8 Å². The van der Waals surface area contributed by atoms with Crippen LogP contribution in [0.2, 0.25) is 0 Å². The van der Waals surface area contributed by atoms with Crippen molar-refractivity contribution in [2.45, 2.75) is 12.7 Å². The van der Waals surface area contributed by atoms with Crippen LogP contribution in [0.1, 0.15) is 17.0 Å². The first-order valence-corrected chi connectivity index (χ1v) is 5.43. The molecule has 3 N–H and O–H groups in total. The molecule has 0 unspecified atom stereocenters. The van der Waals surface area contributed by atoms with Crippen LogP contribution in [0.25, 0.3) is 0 Å². The van der Waals surface area contributed by atoms with Gasteiger partial charge in [0, 0.05) is 0 Å². The van der Waals surface area contributed by atoms with Gasteiger partial charge < -0.3 is 10.9 Å². The molecular weight excluding hydrogens is 275 g/mol. The lowest BCUT2D eigenvalue weighted by atomic mass is 10.1. The van der Waals surface area contributed by atoms with E-state index in [9.17, 15) is 13.2 Å². The van der Waals surface area contributed by atoms with Crippen LogP contribution < -0.4 is 5.73 Å². The minimum absolute atomic E-state index is 0.0411. The third-order valence-corrected chi connectivity index (χ3v) is 2.50. The van der Waals surface area contributed by atoms with E-state index in [4.69, 9.17) is 10.9 Å². The second-order valence-corrected chi connectivity index (χ2v) is 3.95. The molecule has 0 radical (unpaired) electrons. The summed E-state index contributed by atoms with van der Waals surface area (Å²) < 4.78 is 38.6. The Bertz CT molecular complexity index is 618. The molecule has 0 fully saturated rings. The SMILES string of the molecule is NC(=NO)c1ncn(Cc2ccc(C(F)(F)F)cc2)n1. The third kappa shape index (κ3) is 3.05. The highest BCUT2D eigenvalue weighted by Crippen LogP contribution is 2.29. The van der Waals surface area contributed by atoms with Crippen LogP contribution in [0.5, 0.6) is 0 Å². The number of nitrogens with zero attached hydrogens (tertiary/aromatic N) is 4. The Morgan fingerprint density at radius 3 is 2.50 bits per heavy atom. The molecule has 0 aliphatic heterocycles. The van der Waals surface area contributed by atoms with Gasteiger partial charge in [0.15, 0.2) is 0 Å². The van der Waals surface area contributed by atoms with Crippen LogP contribution in [-0.2, 0) is 12.7 Å². The van der Waals surface area contributed by atoms with Crippen molar-refractivity contribution in [2.24, 2.45) is 10.9 Å². The number of amidine groups is 1. The van der Waals surface area contributed by atoms with Gasteiger partial charge in [0.05, 0.1) is 12.1 Å². The van der Waals surface area contributed by atoms with Gasteiger partial charge in [0.1, 0.15) is 6.33 Å². The zero-order valence-electron chi connectivity index (χ0n) is 10.0. The lowest BCUT2D eigenvalue weighted by Crippen LogP contribution is -2.15. The lowest BCUT2D eigenvalue weighted by molar-refractivity contribution is -0.137. The average molecular weight is 285 g/mol. The van der Waals surface area contributed by atoms with Crippen molar-refractivity contribution in [1.29, 1.82) is 0 Å². The van der Waals surface area contributed by atoms with Crippen LogP contribution in [0.15, 0.2) is 35.7 Å². The number of rotatable bonds is 3. The minimum atomic E-state index is -4.36. The predicted octanol–water partition coefficient (Wildman–Crippen LogP) is 1.44. The van der Waals surface area contributed by atoms with Gasteiger partial charge in [-0.2, -0.15) is 13.2 Å². The molecule has 0 spiro atoms. The Balaban J connectivity index is 2.12. The van der Waals surface area contributed by atoms with E-state index in [2.05, 4.69) is 15.2 Å². The molecule has 1 aromatic heterocycles. The summed E-state index contributed by atoms with van der Waals surface area (Å²) in [6.07, 6.45) is -3.02. The topological polar surface area (TPSA) is 89.3 Å². The van der Waals surface area contributed by atoms with Crippen LogP contribution in [0.3, 0.4) is 0 Å². The van der Waals surface area contributed by atoms with Crippen LogP contribution in [0.4, 0.5) is 13.2 Å². The average Bonchev–Trinajstić information content (AvgIpc) is 2.86. The first kappa shape index (κ1) is 13.8. The van der Waals surface area contributed by atoms with E-state index in [1.807, 2.05) is 0 Å². The van der Waals surface area contributed by atoms with Gasteiger partial charge in [-0.25, -0.2) is 9.67 Å².